The number of aromatic amines is 2. The van der Waals surface area contributed by atoms with Gasteiger partial charge in [-0.05, 0) is 110 Å². The molecule has 8 aromatic rings. The van der Waals surface area contributed by atoms with Gasteiger partial charge in [0, 0.05) is 82.3 Å². The summed E-state index contributed by atoms with van der Waals surface area (Å²) >= 11 is 5.79. The van der Waals surface area contributed by atoms with Gasteiger partial charge in [0.2, 0.25) is 23.6 Å². The molecule has 0 radical (unpaired) electrons. The third-order valence-corrected chi connectivity index (χ3v) is 16.6. The standard InChI is InChI=1S/C35H39N5O7.C25H33ClN4O5.C10H7NO2/c1-20(2)14-28(40-34(44)29-16-24-26(38-29)11-6-12-31(24)46-3)33(43)39-27(15-21-9-7-13-37-32(21)42)30(41)19-47-35(45)25-18-36-17-22-8-4-5-10-23(22)25;1-14(2)10-19(30-25(34)20-12-16-17(28-20)7-4-8-22(16)35-3)24(33)29-18(21(31)13-26)11-15-6-5-9-27-23(15)32;12-10(13)9-6-11-5-7-3-1-2-4-8(7)9/h4-6,8,10-12,16-18,20-21,27-28,38H,7,9,13-15,19H2,1-3H3,(H,37,42)(H,39,43)(H,40,44);4,7-8,12,14-15,18-19,28H,5-6,9-11,13H2,1-3H3,(H,27,32)(H,29,33)(H,30,34);1-6H,(H,12,13)/t21-,27-,28-;15-,18-,19-;/m00./s1. The SMILES string of the molecule is COc1cccc2[nH]c(C(=O)N[C@@H](CC(C)C)C(=O)N[C@@H](C[C@@H]3CCCNC3=O)C(=O)CCl)cc12.COc1cccc2[nH]c(C(=O)N[C@@H](CC(C)C)C(=O)N[C@@H](C[C@@H]3CCCNC3=O)C(=O)COC(=O)c3cncc4ccccc34)cc12.O=C(O)c1cncc2ccccc12. The number of ketones is 2. The van der Waals surface area contributed by atoms with E-state index in [0.717, 1.165) is 45.3 Å². The van der Waals surface area contributed by atoms with Crippen molar-refractivity contribution >= 4 is 114 Å². The van der Waals surface area contributed by atoms with Crippen LogP contribution in [0.4, 0.5) is 0 Å². The lowest BCUT2D eigenvalue weighted by Gasteiger charge is -2.28. The monoisotopic (exact) mass is 1320 g/mol. The maximum Gasteiger partial charge on any atom is 0.340 e. The summed E-state index contributed by atoms with van der Waals surface area (Å²) in [5.74, 6) is -4.80. The number of hydrogen-bond acceptors (Lipinski definition) is 15. The molecule has 0 aliphatic carbocycles. The molecule has 25 heteroatoms. The summed E-state index contributed by atoms with van der Waals surface area (Å²) < 4.78 is 16.2. The fourth-order valence-electron chi connectivity index (χ4n) is 11.5. The van der Waals surface area contributed by atoms with Gasteiger partial charge in [0.05, 0.1) is 43.3 Å². The van der Waals surface area contributed by atoms with Crippen LogP contribution in [0.5, 0.6) is 11.5 Å². The smallest absolute Gasteiger partial charge is 0.340 e. The molecule has 2 fully saturated rings. The Morgan fingerprint density at radius 3 is 1.43 bits per heavy atom. The van der Waals surface area contributed by atoms with Gasteiger partial charge < -0.3 is 61.2 Å². The Bertz CT molecular complexity index is 4100. The number of pyridine rings is 2. The normalized spacial score (nSPS) is 15.7. The highest BCUT2D eigenvalue weighted by Gasteiger charge is 2.35. The minimum absolute atomic E-state index is 0.0161. The van der Waals surface area contributed by atoms with Gasteiger partial charge in [-0.25, -0.2) is 9.59 Å². The third kappa shape index (κ3) is 18.8. The molecule has 0 spiro atoms. The van der Waals surface area contributed by atoms with Gasteiger partial charge in [0.25, 0.3) is 11.8 Å². The van der Waals surface area contributed by atoms with Crippen molar-refractivity contribution in [1.82, 2.24) is 51.8 Å². The Morgan fingerprint density at radius 1 is 0.558 bits per heavy atom. The van der Waals surface area contributed by atoms with Crippen molar-refractivity contribution in [3.05, 3.63) is 144 Å². The van der Waals surface area contributed by atoms with E-state index in [-0.39, 0.29) is 77.3 Å². The summed E-state index contributed by atoms with van der Waals surface area (Å²) in [6, 6.07) is 24.7. The predicted molar refractivity (Wildman–Crippen MR) is 357 cm³/mol. The van der Waals surface area contributed by atoms with Gasteiger partial charge in [-0.3, -0.25) is 48.3 Å². The largest absolute Gasteiger partial charge is 0.496 e. The zero-order valence-electron chi connectivity index (χ0n) is 53.7. The number of rotatable bonds is 25. The van der Waals surface area contributed by atoms with Crippen LogP contribution in [0.15, 0.2) is 122 Å². The summed E-state index contributed by atoms with van der Waals surface area (Å²) in [6.45, 7) is 8.23. The molecule has 2 aliphatic heterocycles. The van der Waals surface area contributed by atoms with Crippen LogP contribution in [-0.2, 0) is 33.5 Å². The molecule has 10 rings (SSSR count). The van der Waals surface area contributed by atoms with E-state index < -0.39 is 78.0 Å². The van der Waals surface area contributed by atoms with E-state index in [9.17, 15) is 47.9 Å². The van der Waals surface area contributed by atoms with Gasteiger partial charge >= 0.3 is 11.9 Å². The van der Waals surface area contributed by atoms with Gasteiger partial charge in [0.1, 0.15) is 35.0 Å². The van der Waals surface area contributed by atoms with Crippen molar-refractivity contribution in [3.8, 4) is 11.5 Å². The number of fused-ring (bicyclic) bond motifs is 4. The maximum atomic E-state index is 13.7. The van der Waals surface area contributed by atoms with Crippen molar-refractivity contribution in [3.63, 3.8) is 0 Å². The molecule has 0 unspecified atom stereocenters. The number of carbonyl (C=O) groups excluding carboxylic acids is 9. The third-order valence-electron chi connectivity index (χ3n) is 16.3. The number of methoxy groups -OCH3 is 2. The quantitative estimate of drug-likeness (QED) is 0.0192. The molecule has 2 saturated heterocycles. The fourth-order valence-corrected chi connectivity index (χ4v) is 11.7. The number of hydrogen-bond donors (Lipinski definition) is 9. The summed E-state index contributed by atoms with van der Waals surface area (Å²) in [7, 11) is 3.10. The molecule has 500 valence electrons. The lowest BCUT2D eigenvalue weighted by atomic mass is 9.90. The van der Waals surface area contributed by atoms with Gasteiger partial charge in [-0.1, -0.05) is 88.4 Å². The number of carbonyl (C=O) groups is 10. The molecule has 6 atom stereocenters. The number of H-pyrrole nitrogens is 2. The molecule has 0 saturated carbocycles. The molecule has 9 N–H and O–H groups in total. The Balaban J connectivity index is 0.000000210. The van der Waals surface area contributed by atoms with E-state index in [0.29, 0.717) is 60.4 Å². The summed E-state index contributed by atoms with van der Waals surface area (Å²) in [6.07, 6.45) is 9.61. The number of amides is 6. The molecule has 6 amide bonds. The second-order valence-corrected chi connectivity index (χ2v) is 24.4. The molecule has 24 nitrogen and oxygen atoms in total. The number of aromatic carboxylic acids is 1. The Labute approximate surface area is 553 Å². The van der Waals surface area contributed by atoms with Gasteiger partial charge in [0.15, 0.2) is 18.2 Å². The average molecular weight is 1320 g/mol. The number of nitrogens with one attached hydrogen (secondary N) is 8. The molecular formula is C70H79ClN10O14. The number of halogens is 1. The van der Waals surface area contributed by atoms with Crippen molar-refractivity contribution in [2.45, 2.75) is 103 Å². The minimum atomic E-state index is -1.14. The molecule has 95 heavy (non-hydrogen) atoms. The van der Waals surface area contributed by atoms with Gasteiger partial charge in [-0.2, -0.15) is 0 Å². The second kappa shape index (κ2) is 33.6. The number of carboxylic acid groups (broad SMARTS) is 1. The Kier molecular flexibility index (Phi) is 25.0. The van der Waals surface area contributed by atoms with Gasteiger partial charge in [-0.15, -0.1) is 11.6 Å². The number of carboxylic acids is 1. The molecular weight excluding hydrogens is 1240 g/mol. The van der Waals surface area contributed by atoms with Crippen LogP contribution < -0.4 is 41.4 Å². The van der Waals surface area contributed by atoms with E-state index in [4.69, 9.17) is 30.9 Å². The molecule has 4 aromatic carbocycles. The lowest BCUT2D eigenvalue weighted by Crippen LogP contribution is -2.54. The predicted octanol–water partition coefficient (Wildman–Crippen LogP) is 8.16. The average Bonchev–Trinajstić information content (AvgIpc) is 1.77. The molecule has 6 heterocycles. The van der Waals surface area contributed by atoms with Crippen molar-refractivity contribution in [1.29, 1.82) is 0 Å². The summed E-state index contributed by atoms with van der Waals surface area (Å²) in [4.78, 5) is 142. The van der Waals surface area contributed by atoms with Crippen LogP contribution >= 0.6 is 11.6 Å². The molecule has 2 aliphatic rings. The van der Waals surface area contributed by atoms with Crippen LogP contribution in [0.3, 0.4) is 0 Å². The van der Waals surface area contributed by atoms with Crippen LogP contribution in [0.25, 0.3) is 43.4 Å². The minimum Gasteiger partial charge on any atom is -0.496 e. The molecule has 0 bridgehead atoms. The van der Waals surface area contributed by atoms with Crippen LogP contribution in [0, 0.1) is 23.7 Å². The highest BCUT2D eigenvalue weighted by Crippen LogP contribution is 2.29. The zero-order valence-corrected chi connectivity index (χ0v) is 54.4. The highest BCUT2D eigenvalue weighted by atomic mass is 35.5. The van der Waals surface area contributed by atoms with E-state index in [1.165, 1.54) is 12.4 Å². The Morgan fingerprint density at radius 2 is 1.00 bits per heavy atom. The number of ether oxygens (including phenoxy) is 3. The summed E-state index contributed by atoms with van der Waals surface area (Å²) in [5.41, 5.74) is 2.42. The molecule has 4 aromatic heterocycles. The van der Waals surface area contributed by atoms with E-state index in [1.54, 1.807) is 75.1 Å². The topological polar surface area (TPSA) is 348 Å². The number of esters is 1. The van der Waals surface area contributed by atoms with Crippen LogP contribution in [0.2, 0.25) is 0 Å². The fraction of sp³-hybridized carbons (Fsp3) is 0.371. The zero-order chi connectivity index (χ0) is 68.3. The van der Waals surface area contributed by atoms with E-state index in [1.807, 2.05) is 76.2 Å². The Hall–Kier alpha value is -10.2. The highest BCUT2D eigenvalue weighted by molar-refractivity contribution is 6.28. The maximum absolute atomic E-state index is 13.7. The second-order valence-electron chi connectivity index (χ2n) is 24.1. The van der Waals surface area contributed by atoms with E-state index >= 15 is 0 Å². The number of nitrogens with zero attached hydrogens (tertiary/aromatic N) is 2. The number of aromatic nitrogens is 4. The number of benzene rings is 4. The first kappa shape index (κ1) is 70.6. The first-order valence-electron chi connectivity index (χ1n) is 31.4. The number of alkyl halides is 1. The van der Waals surface area contributed by atoms with Crippen LogP contribution in [0.1, 0.15) is 121 Å². The summed E-state index contributed by atoms with van der Waals surface area (Å²) in [5, 5.41) is 30.0. The number of Topliss-reactive ketones (excluding diaryl/α,β-unsaturated/α-hetero) is 2. The van der Waals surface area contributed by atoms with Crippen LogP contribution in [-0.4, -0.2) is 148 Å². The van der Waals surface area contributed by atoms with E-state index in [2.05, 4.69) is 51.8 Å². The van der Waals surface area contributed by atoms with Crippen molar-refractivity contribution in [2.75, 3.05) is 39.8 Å². The lowest BCUT2D eigenvalue weighted by molar-refractivity contribution is -0.133. The number of piperidine rings is 2. The van der Waals surface area contributed by atoms with Crippen molar-refractivity contribution in [2.24, 2.45) is 23.7 Å². The first-order chi connectivity index (χ1) is 45.7. The first-order valence-corrected chi connectivity index (χ1v) is 32.0. The van der Waals surface area contributed by atoms with Crippen molar-refractivity contribution < 1.29 is 67.3 Å².